The smallest absolute Gasteiger partial charge is 0.339 e. The Bertz CT molecular complexity index is 370. The van der Waals surface area contributed by atoms with E-state index in [1.165, 1.54) is 6.07 Å². The van der Waals surface area contributed by atoms with E-state index in [1.54, 1.807) is 13.0 Å². The van der Waals surface area contributed by atoms with Crippen molar-refractivity contribution in [2.24, 2.45) is 11.7 Å². The van der Waals surface area contributed by atoms with Crippen LogP contribution >= 0.6 is 0 Å². The highest BCUT2D eigenvalue weighted by Crippen LogP contribution is 2.10. The number of hydrogen-bond donors (Lipinski definition) is 1. The summed E-state index contributed by atoms with van der Waals surface area (Å²) >= 11 is 0. The van der Waals surface area contributed by atoms with Crippen LogP contribution in [0.2, 0.25) is 0 Å². The minimum atomic E-state index is -0.400. The van der Waals surface area contributed by atoms with Gasteiger partial charge in [0, 0.05) is 12.1 Å². The van der Waals surface area contributed by atoms with Crippen molar-refractivity contribution in [3.63, 3.8) is 0 Å². The second kappa shape index (κ2) is 4.98. The van der Waals surface area contributed by atoms with Gasteiger partial charge < -0.3 is 14.9 Å². The van der Waals surface area contributed by atoms with Crippen LogP contribution in [0.25, 0.3) is 0 Å². The molecule has 15 heavy (non-hydrogen) atoms. The Hall–Kier alpha value is -1.29. The summed E-state index contributed by atoms with van der Waals surface area (Å²) in [6, 6.07) is 2.96. The highest BCUT2D eigenvalue weighted by Gasteiger charge is 2.08. The molecule has 0 saturated heterocycles. The van der Waals surface area contributed by atoms with Crippen molar-refractivity contribution in [1.29, 1.82) is 0 Å². The summed E-state index contributed by atoms with van der Waals surface area (Å²) in [5, 5.41) is 0. The van der Waals surface area contributed by atoms with Crippen LogP contribution in [0.5, 0.6) is 5.75 Å². The molecule has 0 aromatic carbocycles. The SMILES string of the molecule is Cc1cc(OC[C@H](N)C(C)C)cc(=O)o1. The molecule has 1 aromatic rings. The molecule has 84 valence electrons. The molecule has 0 aliphatic carbocycles. The predicted octanol–water partition coefficient (Wildman–Crippen LogP) is 1.31. The van der Waals surface area contributed by atoms with Gasteiger partial charge >= 0.3 is 5.63 Å². The van der Waals surface area contributed by atoms with Crippen molar-refractivity contribution in [2.75, 3.05) is 6.61 Å². The molecule has 1 aromatic heterocycles. The van der Waals surface area contributed by atoms with Crippen LogP contribution in [-0.4, -0.2) is 12.6 Å². The summed E-state index contributed by atoms with van der Waals surface area (Å²) < 4.78 is 10.2. The Kier molecular flexibility index (Phi) is 3.91. The normalized spacial score (nSPS) is 12.9. The molecule has 0 fully saturated rings. The first-order valence-corrected chi connectivity index (χ1v) is 4.99. The van der Waals surface area contributed by atoms with E-state index in [1.807, 2.05) is 13.8 Å². The van der Waals surface area contributed by atoms with E-state index in [2.05, 4.69) is 0 Å². The van der Waals surface area contributed by atoms with Crippen LogP contribution in [0.1, 0.15) is 19.6 Å². The van der Waals surface area contributed by atoms with Crippen LogP contribution in [0.3, 0.4) is 0 Å². The summed E-state index contributed by atoms with van der Waals surface area (Å²) in [7, 11) is 0. The van der Waals surface area contributed by atoms with Crippen molar-refractivity contribution in [1.82, 2.24) is 0 Å². The molecular formula is C11H17NO3. The van der Waals surface area contributed by atoms with Crippen molar-refractivity contribution >= 4 is 0 Å². The molecule has 0 bridgehead atoms. The molecule has 0 spiro atoms. The molecule has 0 saturated carbocycles. The molecule has 0 aliphatic heterocycles. The number of hydrogen-bond acceptors (Lipinski definition) is 4. The highest BCUT2D eigenvalue weighted by atomic mass is 16.5. The molecule has 1 atom stereocenters. The maximum Gasteiger partial charge on any atom is 0.339 e. The third-order valence-corrected chi connectivity index (χ3v) is 2.17. The number of nitrogens with two attached hydrogens (primary N) is 1. The predicted molar refractivity (Wildman–Crippen MR) is 58.0 cm³/mol. The van der Waals surface area contributed by atoms with Crippen LogP contribution in [0.4, 0.5) is 0 Å². The van der Waals surface area contributed by atoms with Gasteiger partial charge in [-0.25, -0.2) is 4.79 Å². The average molecular weight is 211 g/mol. The minimum Gasteiger partial charge on any atom is -0.492 e. The maximum absolute atomic E-state index is 11.0. The van der Waals surface area contributed by atoms with Gasteiger partial charge in [-0.2, -0.15) is 0 Å². The lowest BCUT2D eigenvalue weighted by atomic mass is 10.1. The lowest BCUT2D eigenvalue weighted by molar-refractivity contribution is 0.256. The molecule has 0 aliphatic rings. The Labute approximate surface area is 89.0 Å². The van der Waals surface area contributed by atoms with Crippen molar-refractivity contribution in [3.8, 4) is 5.75 Å². The second-order valence-corrected chi connectivity index (χ2v) is 3.94. The van der Waals surface area contributed by atoms with Gasteiger partial charge in [-0.3, -0.25) is 0 Å². The number of ether oxygens (including phenoxy) is 1. The van der Waals surface area contributed by atoms with Gasteiger partial charge in [0.25, 0.3) is 0 Å². The molecule has 0 radical (unpaired) electrons. The van der Waals surface area contributed by atoms with Crippen LogP contribution < -0.4 is 16.1 Å². The molecular weight excluding hydrogens is 194 g/mol. The van der Waals surface area contributed by atoms with Crippen molar-refractivity contribution in [2.45, 2.75) is 26.8 Å². The van der Waals surface area contributed by atoms with Gasteiger partial charge in [-0.1, -0.05) is 13.8 Å². The zero-order chi connectivity index (χ0) is 11.4. The molecule has 2 N–H and O–H groups in total. The lowest BCUT2D eigenvalue weighted by Crippen LogP contribution is -2.33. The first-order chi connectivity index (χ1) is 6.99. The maximum atomic E-state index is 11.0. The van der Waals surface area contributed by atoms with E-state index in [4.69, 9.17) is 14.9 Å². The van der Waals surface area contributed by atoms with Crippen molar-refractivity contribution < 1.29 is 9.15 Å². The first kappa shape index (κ1) is 11.8. The Balaban J connectivity index is 2.61. The Morgan fingerprint density at radius 1 is 1.47 bits per heavy atom. The van der Waals surface area contributed by atoms with Gasteiger partial charge in [-0.05, 0) is 12.8 Å². The monoisotopic (exact) mass is 211 g/mol. The third-order valence-electron chi connectivity index (χ3n) is 2.17. The average Bonchev–Trinajstić information content (AvgIpc) is 2.12. The fraction of sp³-hybridized carbons (Fsp3) is 0.545. The van der Waals surface area contributed by atoms with E-state index in [-0.39, 0.29) is 6.04 Å². The third kappa shape index (κ3) is 3.75. The molecule has 0 amide bonds. The molecule has 1 heterocycles. The summed E-state index contributed by atoms with van der Waals surface area (Å²) in [4.78, 5) is 11.0. The zero-order valence-corrected chi connectivity index (χ0v) is 9.32. The van der Waals surface area contributed by atoms with E-state index >= 15 is 0 Å². The topological polar surface area (TPSA) is 65.5 Å². The van der Waals surface area contributed by atoms with Crippen LogP contribution in [-0.2, 0) is 0 Å². The Morgan fingerprint density at radius 3 is 2.67 bits per heavy atom. The highest BCUT2D eigenvalue weighted by molar-refractivity contribution is 5.19. The van der Waals surface area contributed by atoms with E-state index < -0.39 is 5.63 Å². The van der Waals surface area contributed by atoms with Gasteiger partial charge in [0.05, 0.1) is 6.07 Å². The van der Waals surface area contributed by atoms with Gasteiger partial charge in [0.15, 0.2) is 0 Å². The fourth-order valence-corrected chi connectivity index (χ4v) is 1.04. The standard InChI is InChI=1S/C11H17NO3/c1-7(2)10(12)6-14-9-4-8(3)15-11(13)5-9/h4-5,7,10H,6,12H2,1-3H3/t10-/m0/s1. The van der Waals surface area contributed by atoms with Gasteiger partial charge in [-0.15, -0.1) is 0 Å². The van der Waals surface area contributed by atoms with Crippen LogP contribution in [0.15, 0.2) is 21.3 Å². The van der Waals surface area contributed by atoms with E-state index in [9.17, 15) is 4.79 Å². The number of aryl methyl sites for hydroxylation is 1. The largest absolute Gasteiger partial charge is 0.492 e. The summed E-state index contributed by atoms with van der Waals surface area (Å²) in [6.45, 7) is 6.16. The number of rotatable bonds is 4. The van der Waals surface area contributed by atoms with Crippen molar-refractivity contribution in [3.05, 3.63) is 28.3 Å². The molecule has 4 heteroatoms. The summed E-state index contributed by atoms with van der Waals surface area (Å²) in [5.74, 6) is 1.40. The lowest BCUT2D eigenvalue weighted by Gasteiger charge is -2.16. The van der Waals surface area contributed by atoms with Gasteiger partial charge in [0.1, 0.15) is 18.1 Å². The Morgan fingerprint density at radius 2 is 2.13 bits per heavy atom. The molecule has 0 unspecified atom stereocenters. The fourth-order valence-electron chi connectivity index (χ4n) is 1.04. The van der Waals surface area contributed by atoms with E-state index in [0.29, 0.717) is 24.0 Å². The van der Waals surface area contributed by atoms with Crippen LogP contribution in [0, 0.1) is 12.8 Å². The van der Waals surface area contributed by atoms with E-state index in [0.717, 1.165) is 0 Å². The minimum absolute atomic E-state index is 0.0300. The van der Waals surface area contributed by atoms with Gasteiger partial charge in [0.2, 0.25) is 0 Å². The summed E-state index contributed by atoms with van der Waals surface area (Å²) in [6.07, 6.45) is 0. The molecule has 1 rings (SSSR count). The summed E-state index contributed by atoms with van der Waals surface area (Å²) in [5.41, 5.74) is 5.41. The quantitative estimate of drug-likeness (QED) is 0.815. The zero-order valence-electron chi connectivity index (χ0n) is 9.32. The second-order valence-electron chi connectivity index (χ2n) is 3.94. The molecule has 4 nitrogen and oxygen atoms in total. The first-order valence-electron chi connectivity index (χ1n) is 4.99.